The Kier molecular flexibility index (Phi) is 6.53. The number of halogens is 2. The van der Waals surface area contributed by atoms with Crippen molar-refractivity contribution >= 4 is 49.6 Å². The standard InChI is InChI=1S/C14H20Br2N6O2/c1-3-8(2)10(17)13(23)21-5-4-6-22(21)14(24)20-12-11(16)19-9(15)7-18-12/h7-8,10H,3-6,17H2,1-2H3,(H,18,20,24). The molecule has 1 aliphatic rings. The third kappa shape index (κ3) is 4.22. The Hall–Kier alpha value is -1.26. The lowest BCUT2D eigenvalue weighted by Gasteiger charge is -2.31. The Labute approximate surface area is 157 Å². The van der Waals surface area contributed by atoms with Gasteiger partial charge in [0.2, 0.25) is 0 Å². The van der Waals surface area contributed by atoms with Crippen molar-refractivity contribution in [1.29, 1.82) is 0 Å². The minimum Gasteiger partial charge on any atom is -0.320 e. The smallest absolute Gasteiger partial charge is 0.320 e. The largest absolute Gasteiger partial charge is 0.341 e. The van der Waals surface area contributed by atoms with Gasteiger partial charge in [-0.2, -0.15) is 0 Å². The Morgan fingerprint density at radius 3 is 2.67 bits per heavy atom. The molecule has 0 aromatic carbocycles. The van der Waals surface area contributed by atoms with E-state index in [4.69, 9.17) is 5.73 Å². The lowest BCUT2D eigenvalue weighted by molar-refractivity contribution is -0.142. The second-order valence-corrected chi connectivity index (χ2v) is 7.18. The molecule has 1 saturated heterocycles. The van der Waals surface area contributed by atoms with Gasteiger partial charge in [0.1, 0.15) is 9.21 Å². The predicted molar refractivity (Wildman–Crippen MR) is 96.9 cm³/mol. The number of nitrogens with zero attached hydrogens (tertiary/aromatic N) is 4. The van der Waals surface area contributed by atoms with E-state index < -0.39 is 12.1 Å². The fourth-order valence-corrected chi connectivity index (χ4v) is 3.23. The molecule has 0 spiro atoms. The van der Waals surface area contributed by atoms with Crippen LogP contribution in [-0.2, 0) is 4.79 Å². The van der Waals surface area contributed by atoms with Crippen LogP contribution in [0.5, 0.6) is 0 Å². The zero-order valence-electron chi connectivity index (χ0n) is 13.5. The van der Waals surface area contributed by atoms with Crippen LogP contribution in [0.1, 0.15) is 26.7 Å². The van der Waals surface area contributed by atoms with Gasteiger partial charge in [-0.05, 0) is 44.2 Å². The molecule has 2 rings (SSSR count). The first-order valence-corrected chi connectivity index (χ1v) is 9.27. The van der Waals surface area contributed by atoms with Crippen molar-refractivity contribution in [3.8, 4) is 0 Å². The summed E-state index contributed by atoms with van der Waals surface area (Å²) in [4.78, 5) is 33.3. The molecule has 3 N–H and O–H groups in total. The van der Waals surface area contributed by atoms with Crippen molar-refractivity contribution in [2.24, 2.45) is 11.7 Å². The fraction of sp³-hybridized carbons (Fsp3) is 0.571. The van der Waals surface area contributed by atoms with E-state index in [2.05, 4.69) is 47.1 Å². The lowest BCUT2D eigenvalue weighted by Crippen LogP contribution is -2.53. The summed E-state index contributed by atoms with van der Waals surface area (Å²) in [6.07, 6.45) is 2.99. The van der Waals surface area contributed by atoms with Crippen molar-refractivity contribution in [2.45, 2.75) is 32.7 Å². The highest BCUT2D eigenvalue weighted by atomic mass is 79.9. The molecular weight excluding hydrogens is 444 g/mol. The summed E-state index contributed by atoms with van der Waals surface area (Å²) in [7, 11) is 0. The van der Waals surface area contributed by atoms with E-state index >= 15 is 0 Å². The summed E-state index contributed by atoms with van der Waals surface area (Å²) in [5.41, 5.74) is 6.02. The molecule has 1 aromatic heterocycles. The molecule has 2 heterocycles. The summed E-state index contributed by atoms with van der Waals surface area (Å²) in [6.45, 7) is 4.84. The predicted octanol–water partition coefficient (Wildman–Crippen LogP) is 2.36. The summed E-state index contributed by atoms with van der Waals surface area (Å²) < 4.78 is 0.948. The van der Waals surface area contributed by atoms with E-state index in [1.54, 1.807) is 0 Å². The first kappa shape index (κ1) is 19.1. The molecule has 0 bridgehead atoms. The Morgan fingerprint density at radius 2 is 2.04 bits per heavy atom. The molecular formula is C14H20Br2N6O2. The molecule has 24 heavy (non-hydrogen) atoms. The van der Waals surface area contributed by atoms with Crippen LogP contribution in [0.15, 0.2) is 15.4 Å². The lowest BCUT2D eigenvalue weighted by atomic mass is 9.99. The highest BCUT2D eigenvalue weighted by molar-refractivity contribution is 9.11. The van der Waals surface area contributed by atoms with Crippen LogP contribution in [0.4, 0.5) is 10.6 Å². The fourth-order valence-electron chi connectivity index (χ4n) is 2.32. The molecule has 0 aliphatic carbocycles. The Bertz CT molecular complexity index is 629. The molecule has 0 saturated carbocycles. The van der Waals surface area contributed by atoms with Gasteiger partial charge in [-0.15, -0.1) is 0 Å². The molecule has 2 unspecified atom stereocenters. The molecule has 10 heteroatoms. The third-order valence-corrected chi connectivity index (χ3v) is 4.92. The van der Waals surface area contributed by atoms with Gasteiger partial charge < -0.3 is 5.73 Å². The maximum atomic E-state index is 12.6. The number of carbonyl (C=O) groups is 2. The molecule has 8 nitrogen and oxygen atoms in total. The van der Waals surface area contributed by atoms with Crippen LogP contribution in [0.2, 0.25) is 0 Å². The summed E-state index contributed by atoms with van der Waals surface area (Å²) in [6, 6.07) is -1.06. The maximum Gasteiger partial charge on any atom is 0.341 e. The van der Waals surface area contributed by atoms with Crippen molar-refractivity contribution in [3.05, 3.63) is 15.4 Å². The van der Waals surface area contributed by atoms with Gasteiger partial charge in [0.25, 0.3) is 5.91 Å². The first-order chi connectivity index (χ1) is 11.3. The van der Waals surface area contributed by atoms with Gasteiger partial charge in [-0.3, -0.25) is 10.1 Å². The van der Waals surface area contributed by atoms with E-state index in [9.17, 15) is 9.59 Å². The van der Waals surface area contributed by atoms with Crippen molar-refractivity contribution in [1.82, 2.24) is 20.0 Å². The Balaban J connectivity index is 2.09. The highest BCUT2D eigenvalue weighted by Gasteiger charge is 2.35. The summed E-state index contributed by atoms with van der Waals surface area (Å²) in [5.74, 6) is 0.0983. The number of hydrogen-bond donors (Lipinski definition) is 2. The van der Waals surface area contributed by atoms with Crippen LogP contribution in [0.25, 0.3) is 0 Å². The monoisotopic (exact) mass is 462 g/mol. The SMILES string of the molecule is CCC(C)C(N)C(=O)N1CCCN1C(=O)Nc1ncc(Br)nc1Br. The van der Waals surface area contributed by atoms with Gasteiger partial charge in [-0.1, -0.05) is 20.3 Å². The Morgan fingerprint density at radius 1 is 1.38 bits per heavy atom. The number of amides is 3. The average Bonchev–Trinajstić information content (AvgIpc) is 3.04. The third-order valence-electron chi connectivity index (χ3n) is 3.99. The quantitative estimate of drug-likeness (QED) is 0.713. The van der Waals surface area contributed by atoms with Crippen molar-refractivity contribution in [2.75, 3.05) is 18.4 Å². The van der Waals surface area contributed by atoms with E-state index in [0.29, 0.717) is 28.7 Å². The van der Waals surface area contributed by atoms with E-state index in [1.165, 1.54) is 16.2 Å². The number of hydrogen-bond acceptors (Lipinski definition) is 5. The van der Waals surface area contributed by atoms with Gasteiger partial charge in [0.05, 0.1) is 12.2 Å². The van der Waals surface area contributed by atoms with Crippen LogP contribution in [0.3, 0.4) is 0 Å². The van der Waals surface area contributed by atoms with Gasteiger partial charge in [0, 0.05) is 13.1 Å². The minimum absolute atomic E-state index is 0.0505. The molecule has 1 aliphatic heterocycles. The number of nitrogens with one attached hydrogen (secondary N) is 1. The minimum atomic E-state index is -0.623. The number of carbonyl (C=O) groups excluding carboxylic acids is 2. The number of urea groups is 1. The normalized spacial score (nSPS) is 16.9. The van der Waals surface area contributed by atoms with Gasteiger partial charge >= 0.3 is 6.03 Å². The van der Waals surface area contributed by atoms with Crippen LogP contribution in [0, 0.1) is 5.92 Å². The topological polar surface area (TPSA) is 104 Å². The highest BCUT2D eigenvalue weighted by Crippen LogP contribution is 2.21. The van der Waals surface area contributed by atoms with Crippen molar-refractivity contribution < 1.29 is 9.59 Å². The number of rotatable bonds is 4. The van der Waals surface area contributed by atoms with Crippen LogP contribution < -0.4 is 11.1 Å². The second-order valence-electron chi connectivity index (χ2n) is 5.61. The second kappa shape index (κ2) is 8.21. The summed E-state index contributed by atoms with van der Waals surface area (Å²) >= 11 is 6.44. The molecule has 3 amide bonds. The number of anilines is 1. The maximum absolute atomic E-state index is 12.6. The molecule has 0 radical (unpaired) electrons. The number of aromatic nitrogens is 2. The number of hydrazine groups is 1. The van der Waals surface area contributed by atoms with E-state index in [1.807, 2.05) is 13.8 Å². The molecule has 1 aromatic rings. The van der Waals surface area contributed by atoms with Gasteiger partial charge in [0.15, 0.2) is 5.82 Å². The van der Waals surface area contributed by atoms with Crippen LogP contribution in [-0.4, -0.2) is 51.1 Å². The zero-order chi connectivity index (χ0) is 17.9. The van der Waals surface area contributed by atoms with Crippen molar-refractivity contribution in [3.63, 3.8) is 0 Å². The molecule has 1 fully saturated rings. The molecule has 2 atom stereocenters. The summed E-state index contributed by atoms with van der Waals surface area (Å²) in [5, 5.41) is 5.46. The van der Waals surface area contributed by atoms with Crippen LogP contribution >= 0.6 is 31.9 Å². The number of nitrogens with two attached hydrogens (primary N) is 1. The van der Waals surface area contributed by atoms with Gasteiger partial charge in [-0.25, -0.2) is 24.8 Å². The zero-order valence-corrected chi connectivity index (χ0v) is 16.7. The molecule has 132 valence electrons. The first-order valence-electron chi connectivity index (χ1n) is 7.68. The van der Waals surface area contributed by atoms with E-state index in [0.717, 1.165) is 6.42 Å². The van der Waals surface area contributed by atoms with E-state index in [-0.39, 0.29) is 17.6 Å². The average molecular weight is 464 g/mol.